The zero-order valence-corrected chi connectivity index (χ0v) is 14.2. The molecule has 1 N–H and O–H groups in total. The Kier molecular flexibility index (Phi) is 4.78. The first-order valence-electron chi connectivity index (χ1n) is 7.45. The summed E-state index contributed by atoms with van der Waals surface area (Å²) >= 11 is 5.89. The number of amides is 1. The number of nitrogens with zero attached hydrogens (tertiary/aromatic N) is 2. The highest BCUT2D eigenvalue weighted by molar-refractivity contribution is 6.31. The number of halogens is 4. The predicted molar refractivity (Wildman–Crippen MR) is 91.4 cm³/mol. The number of methoxy groups -OCH3 is 1. The maximum absolute atomic E-state index is 13.3. The quantitative estimate of drug-likeness (QED) is 0.728. The van der Waals surface area contributed by atoms with Crippen molar-refractivity contribution in [3.8, 4) is 5.75 Å². The molecule has 3 aromatic rings. The minimum atomic E-state index is -4.69. The van der Waals surface area contributed by atoms with Gasteiger partial charge in [0.2, 0.25) is 11.7 Å². The maximum atomic E-state index is 13.3. The minimum absolute atomic E-state index is 0.160. The van der Waals surface area contributed by atoms with Crippen LogP contribution in [0.25, 0.3) is 11.0 Å². The molecule has 1 heterocycles. The summed E-state index contributed by atoms with van der Waals surface area (Å²) in [7, 11) is 1.41. The van der Waals surface area contributed by atoms with Crippen LogP contribution in [0.3, 0.4) is 0 Å². The van der Waals surface area contributed by atoms with Crippen LogP contribution in [-0.4, -0.2) is 22.6 Å². The minimum Gasteiger partial charge on any atom is -0.495 e. The van der Waals surface area contributed by atoms with Crippen LogP contribution in [-0.2, 0) is 17.5 Å². The Labute approximate surface area is 151 Å². The van der Waals surface area contributed by atoms with Gasteiger partial charge < -0.3 is 14.6 Å². The second-order valence-electron chi connectivity index (χ2n) is 5.40. The summed E-state index contributed by atoms with van der Waals surface area (Å²) in [5, 5.41) is 2.87. The van der Waals surface area contributed by atoms with Crippen molar-refractivity contribution in [1.82, 2.24) is 9.55 Å². The van der Waals surface area contributed by atoms with Gasteiger partial charge in [-0.05, 0) is 30.3 Å². The van der Waals surface area contributed by atoms with Crippen molar-refractivity contribution in [3.63, 3.8) is 0 Å². The van der Waals surface area contributed by atoms with Gasteiger partial charge in [0, 0.05) is 5.02 Å². The van der Waals surface area contributed by atoms with Gasteiger partial charge in [-0.25, -0.2) is 4.98 Å². The lowest BCUT2D eigenvalue weighted by molar-refractivity contribution is -0.147. The monoisotopic (exact) mass is 383 g/mol. The van der Waals surface area contributed by atoms with E-state index in [0.29, 0.717) is 10.8 Å². The molecule has 0 radical (unpaired) electrons. The van der Waals surface area contributed by atoms with Crippen LogP contribution in [0.1, 0.15) is 5.82 Å². The maximum Gasteiger partial charge on any atom is 0.449 e. The molecule has 0 atom stereocenters. The van der Waals surface area contributed by atoms with E-state index in [9.17, 15) is 18.0 Å². The van der Waals surface area contributed by atoms with Gasteiger partial charge in [0.25, 0.3) is 0 Å². The van der Waals surface area contributed by atoms with Crippen molar-refractivity contribution in [3.05, 3.63) is 53.3 Å². The van der Waals surface area contributed by atoms with E-state index in [4.69, 9.17) is 16.3 Å². The standard InChI is InChI=1S/C17H13ClF3N3O2/c1-26-14-7-6-10(18)8-12(14)22-15(25)9-24-13-5-3-2-4-11(13)23-16(24)17(19,20)21/h2-8H,9H2,1H3,(H,22,25). The van der Waals surface area contributed by atoms with Crippen molar-refractivity contribution in [2.45, 2.75) is 12.7 Å². The Morgan fingerprint density at radius 1 is 1.27 bits per heavy atom. The van der Waals surface area contributed by atoms with Gasteiger partial charge >= 0.3 is 6.18 Å². The highest BCUT2D eigenvalue weighted by atomic mass is 35.5. The fourth-order valence-electron chi connectivity index (χ4n) is 2.56. The largest absolute Gasteiger partial charge is 0.495 e. The molecular weight excluding hydrogens is 371 g/mol. The number of benzene rings is 2. The van der Waals surface area contributed by atoms with E-state index in [0.717, 1.165) is 4.57 Å². The van der Waals surface area contributed by atoms with Crippen molar-refractivity contribution in [2.24, 2.45) is 0 Å². The summed E-state index contributed by atoms with van der Waals surface area (Å²) in [5.74, 6) is -1.46. The molecule has 0 saturated carbocycles. The Hall–Kier alpha value is -2.74. The van der Waals surface area contributed by atoms with Crippen LogP contribution < -0.4 is 10.1 Å². The number of fused-ring (bicyclic) bond motifs is 1. The van der Waals surface area contributed by atoms with E-state index < -0.39 is 24.5 Å². The molecule has 3 rings (SSSR count). The number of hydrogen-bond acceptors (Lipinski definition) is 3. The van der Waals surface area contributed by atoms with E-state index in [1.807, 2.05) is 0 Å². The number of carbonyl (C=O) groups excluding carboxylic acids is 1. The Morgan fingerprint density at radius 3 is 2.69 bits per heavy atom. The van der Waals surface area contributed by atoms with Gasteiger partial charge in [0.1, 0.15) is 12.3 Å². The molecule has 5 nitrogen and oxygen atoms in total. The van der Waals surface area contributed by atoms with Gasteiger partial charge in [-0.15, -0.1) is 0 Å². The third kappa shape index (κ3) is 3.60. The van der Waals surface area contributed by atoms with Crippen LogP contribution >= 0.6 is 11.6 Å². The zero-order chi connectivity index (χ0) is 18.9. The van der Waals surface area contributed by atoms with Crippen molar-refractivity contribution < 1.29 is 22.7 Å². The van der Waals surface area contributed by atoms with Gasteiger partial charge in [-0.3, -0.25) is 4.79 Å². The highest BCUT2D eigenvalue weighted by Crippen LogP contribution is 2.32. The number of para-hydroxylation sites is 2. The third-order valence-corrected chi connectivity index (χ3v) is 3.88. The lowest BCUT2D eigenvalue weighted by Gasteiger charge is -2.13. The van der Waals surface area contributed by atoms with Crippen LogP contribution in [0, 0.1) is 0 Å². The normalized spacial score (nSPS) is 11.6. The van der Waals surface area contributed by atoms with Gasteiger partial charge in [-0.1, -0.05) is 23.7 Å². The van der Waals surface area contributed by atoms with Gasteiger partial charge in [0.15, 0.2) is 0 Å². The number of anilines is 1. The molecule has 1 amide bonds. The smallest absolute Gasteiger partial charge is 0.449 e. The van der Waals surface area contributed by atoms with E-state index in [1.54, 1.807) is 24.3 Å². The molecule has 1 aromatic heterocycles. The number of rotatable bonds is 4. The van der Waals surface area contributed by atoms with Gasteiger partial charge in [0.05, 0.1) is 23.8 Å². The molecular formula is C17H13ClF3N3O2. The number of imidazole rings is 1. The van der Waals surface area contributed by atoms with Crippen LogP contribution in [0.15, 0.2) is 42.5 Å². The topological polar surface area (TPSA) is 56.1 Å². The summed E-state index contributed by atoms with van der Waals surface area (Å²) in [6.07, 6.45) is -4.69. The first-order chi connectivity index (χ1) is 12.3. The molecule has 9 heteroatoms. The average Bonchev–Trinajstić information content (AvgIpc) is 2.94. The summed E-state index contributed by atoms with van der Waals surface area (Å²) in [6, 6.07) is 10.7. The Bertz CT molecular complexity index is 970. The lowest BCUT2D eigenvalue weighted by atomic mass is 10.3. The van der Waals surface area contributed by atoms with E-state index in [2.05, 4.69) is 10.3 Å². The fourth-order valence-corrected chi connectivity index (χ4v) is 2.74. The number of carbonyl (C=O) groups is 1. The molecule has 136 valence electrons. The van der Waals surface area contributed by atoms with Crippen LogP contribution in [0.4, 0.5) is 18.9 Å². The van der Waals surface area contributed by atoms with Crippen LogP contribution in [0.5, 0.6) is 5.75 Å². The zero-order valence-electron chi connectivity index (χ0n) is 13.5. The summed E-state index contributed by atoms with van der Waals surface area (Å²) < 4.78 is 45.8. The first kappa shape index (κ1) is 18.1. The molecule has 0 aliphatic heterocycles. The Balaban J connectivity index is 1.94. The third-order valence-electron chi connectivity index (χ3n) is 3.65. The molecule has 0 unspecified atom stereocenters. The highest BCUT2D eigenvalue weighted by Gasteiger charge is 2.38. The molecule has 2 aromatic carbocycles. The number of alkyl halides is 3. The Morgan fingerprint density at radius 2 is 2.00 bits per heavy atom. The van der Waals surface area contributed by atoms with Crippen molar-refractivity contribution in [2.75, 3.05) is 12.4 Å². The molecule has 0 aliphatic carbocycles. The lowest BCUT2D eigenvalue weighted by Crippen LogP contribution is -2.23. The number of ether oxygens (including phenoxy) is 1. The van der Waals surface area contributed by atoms with Crippen LogP contribution in [0.2, 0.25) is 5.02 Å². The SMILES string of the molecule is COc1ccc(Cl)cc1NC(=O)Cn1c(C(F)(F)F)nc2ccccc21. The average molecular weight is 384 g/mol. The second kappa shape index (κ2) is 6.87. The molecule has 26 heavy (non-hydrogen) atoms. The molecule has 0 bridgehead atoms. The van der Waals surface area contributed by atoms with Crippen molar-refractivity contribution >= 4 is 34.2 Å². The number of nitrogens with one attached hydrogen (secondary N) is 1. The van der Waals surface area contributed by atoms with Crippen molar-refractivity contribution in [1.29, 1.82) is 0 Å². The predicted octanol–water partition coefficient (Wildman–Crippen LogP) is 4.36. The second-order valence-corrected chi connectivity index (χ2v) is 5.84. The summed E-state index contributed by atoms with van der Waals surface area (Å²) in [6.45, 7) is -0.564. The molecule has 0 fully saturated rings. The molecule has 0 saturated heterocycles. The van der Waals surface area contributed by atoms with Gasteiger partial charge in [-0.2, -0.15) is 13.2 Å². The summed E-state index contributed by atoms with van der Waals surface area (Å²) in [5.41, 5.74) is 0.643. The van der Waals surface area contributed by atoms with E-state index >= 15 is 0 Å². The fraction of sp³-hybridized carbons (Fsp3) is 0.176. The van der Waals surface area contributed by atoms with E-state index in [-0.39, 0.29) is 16.7 Å². The molecule has 0 aliphatic rings. The van der Waals surface area contributed by atoms with E-state index in [1.165, 1.54) is 25.3 Å². The number of hydrogen-bond donors (Lipinski definition) is 1. The summed E-state index contributed by atoms with van der Waals surface area (Å²) in [4.78, 5) is 16.0. The number of aromatic nitrogens is 2. The molecule has 0 spiro atoms. The first-order valence-corrected chi connectivity index (χ1v) is 7.83.